The second-order valence-electron chi connectivity index (χ2n) is 4.63. The highest BCUT2D eigenvalue weighted by Crippen LogP contribution is 2.40. The van der Waals surface area contributed by atoms with Crippen molar-refractivity contribution in [1.29, 1.82) is 0 Å². The zero-order valence-corrected chi connectivity index (χ0v) is 13.9. The molecule has 0 heterocycles. The number of carbonyl (C=O) groups excluding carboxylic acids is 1. The number of rotatable bonds is 6. The van der Waals surface area contributed by atoms with Gasteiger partial charge in [-0.15, -0.1) is 0 Å². The highest BCUT2D eigenvalue weighted by atomic mass is 35.5. The van der Waals surface area contributed by atoms with Crippen LogP contribution in [-0.2, 0) is 0 Å². The normalized spacial score (nSPS) is 10.6. The highest BCUT2D eigenvalue weighted by Gasteiger charge is 2.19. The molecule has 120 valence electrons. The molecule has 23 heavy (non-hydrogen) atoms. The SMILES string of the molecule is COc1ccc(C(=O)/C=C/c2ccc(Cl)cc2)c(OC)c1OC. The van der Waals surface area contributed by atoms with Crippen molar-refractivity contribution < 1.29 is 19.0 Å². The summed E-state index contributed by atoms with van der Waals surface area (Å²) in [6.45, 7) is 0. The van der Waals surface area contributed by atoms with Crippen LogP contribution < -0.4 is 14.2 Å². The molecule has 0 unspecified atom stereocenters. The molecule has 0 amide bonds. The Morgan fingerprint density at radius 1 is 0.913 bits per heavy atom. The summed E-state index contributed by atoms with van der Waals surface area (Å²) in [7, 11) is 4.51. The first-order valence-electron chi connectivity index (χ1n) is 6.87. The first-order valence-corrected chi connectivity index (χ1v) is 7.25. The van der Waals surface area contributed by atoms with Crippen molar-refractivity contribution in [2.45, 2.75) is 0 Å². The molecule has 0 radical (unpaired) electrons. The molecule has 0 spiro atoms. The van der Waals surface area contributed by atoms with Crippen molar-refractivity contribution in [1.82, 2.24) is 0 Å². The zero-order chi connectivity index (χ0) is 16.8. The third-order valence-corrected chi connectivity index (χ3v) is 3.52. The lowest BCUT2D eigenvalue weighted by atomic mass is 10.1. The maximum Gasteiger partial charge on any atom is 0.204 e. The van der Waals surface area contributed by atoms with Crippen molar-refractivity contribution in [3.05, 3.63) is 58.6 Å². The van der Waals surface area contributed by atoms with Gasteiger partial charge in [0.1, 0.15) is 0 Å². The summed E-state index contributed by atoms with van der Waals surface area (Å²) in [6.07, 6.45) is 3.20. The van der Waals surface area contributed by atoms with Crippen molar-refractivity contribution >= 4 is 23.5 Å². The molecular formula is C18H17ClO4. The van der Waals surface area contributed by atoms with Gasteiger partial charge in [0, 0.05) is 5.02 Å². The summed E-state index contributed by atoms with van der Waals surface area (Å²) in [6, 6.07) is 10.5. The van der Waals surface area contributed by atoms with Crippen LogP contribution in [-0.4, -0.2) is 27.1 Å². The number of methoxy groups -OCH3 is 3. The van der Waals surface area contributed by atoms with Crippen LogP contribution in [0, 0.1) is 0 Å². The molecular weight excluding hydrogens is 316 g/mol. The number of ether oxygens (including phenoxy) is 3. The molecule has 5 heteroatoms. The van der Waals surface area contributed by atoms with E-state index in [1.807, 2.05) is 12.1 Å². The lowest BCUT2D eigenvalue weighted by molar-refractivity contribution is 0.104. The minimum atomic E-state index is -0.197. The quantitative estimate of drug-likeness (QED) is 0.585. The molecule has 0 bridgehead atoms. The predicted molar refractivity (Wildman–Crippen MR) is 90.9 cm³/mol. The third-order valence-electron chi connectivity index (χ3n) is 3.27. The van der Waals surface area contributed by atoms with Crippen LogP contribution >= 0.6 is 11.6 Å². The molecule has 4 nitrogen and oxygen atoms in total. The van der Waals surface area contributed by atoms with E-state index in [9.17, 15) is 4.79 Å². The van der Waals surface area contributed by atoms with Gasteiger partial charge in [0.2, 0.25) is 5.75 Å². The van der Waals surface area contributed by atoms with E-state index >= 15 is 0 Å². The van der Waals surface area contributed by atoms with Crippen LogP contribution in [0.2, 0.25) is 5.02 Å². The van der Waals surface area contributed by atoms with Crippen LogP contribution in [0.4, 0.5) is 0 Å². The maximum atomic E-state index is 12.4. The van der Waals surface area contributed by atoms with Gasteiger partial charge in [-0.05, 0) is 35.9 Å². The summed E-state index contributed by atoms with van der Waals surface area (Å²) in [5.74, 6) is 1.04. The van der Waals surface area contributed by atoms with Gasteiger partial charge in [-0.3, -0.25) is 4.79 Å². The second kappa shape index (κ2) is 7.70. The second-order valence-corrected chi connectivity index (χ2v) is 5.07. The number of benzene rings is 2. The number of ketones is 1. The van der Waals surface area contributed by atoms with Gasteiger partial charge in [0.25, 0.3) is 0 Å². The van der Waals surface area contributed by atoms with E-state index in [2.05, 4.69) is 0 Å². The lowest BCUT2D eigenvalue weighted by Crippen LogP contribution is -2.02. The number of hydrogen-bond donors (Lipinski definition) is 0. The van der Waals surface area contributed by atoms with E-state index in [0.717, 1.165) is 5.56 Å². The summed E-state index contributed by atoms with van der Waals surface area (Å²) in [5, 5.41) is 0.648. The van der Waals surface area contributed by atoms with Gasteiger partial charge < -0.3 is 14.2 Å². The molecule has 2 aromatic rings. The Kier molecular flexibility index (Phi) is 5.66. The predicted octanol–water partition coefficient (Wildman–Crippen LogP) is 4.26. The Hall–Kier alpha value is -2.46. The standard InChI is InChI=1S/C18H17ClO4/c1-21-16-11-9-14(17(22-2)18(16)23-3)15(20)10-6-12-4-7-13(19)8-5-12/h4-11H,1-3H3/b10-6+. The van der Waals surface area contributed by atoms with Gasteiger partial charge in [0.15, 0.2) is 17.3 Å². The fourth-order valence-electron chi connectivity index (χ4n) is 2.13. The zero-order valence-electron chi connectivity index (χ0n) is 13.1. The molecule has 2 rings (SSSR count). The van der Waals surface area contributed by atoms with Crippen LogP contribution in [0.15, 0.2) is 42.5 Å². The average Bonchev–Trinajstić information content (AvgIpc) is 2.59. The Bertz CT molecular complexity index is 721. The topological polar surface area (TPSA) is 44.8 Å². The minimum absolute atomic E-state index is 0.197. The minimum Gasteiger partial charge on any atom is -0.493 e. The van der Waals surface area contributed by atoms with Gasteiger partial charge in [-0.25, -0.2) is 0 Å². The molecule has 0 saturated heterocycles. The number of allylic oxidation sites excluding steroid dienone is 1. The van der Waals surface area contributed by atoms with E-state index in [1.165, 1.54) is 27.4 Å². The molecule has 0 aliphatic carbocycles. The first kappa shape index (κ1) is 16.9. The number of hydrogen-bond acceptors (Lipinski definition) is 4. The fourth-order valence-corrected chi connectivity index (χ4v) is 2.26. The van der Waals surface area contributed by atoms with E-state index in [-0.39, 0.29) is 5.78 Å². The molecule has 2 aromatic carbocycles. The average molecular weight is 333 g/mol. The molecule has 0 fully saturated rings. The van der Waals surface area contributed by atoms with Crippen LogP contribution in [0.3, 0.4) is 0 Å². The molecule has 0 saturated carbocycles. The summed E-state index contributed by atoms with van der Waals surface area (Å²) >= 11 is 5.84. The molecule has 0 aromatic heterocycles. The third kappa shape index (κ3) is 3.85. The van der Waals surface area contributed by atoms with Crippen molar-refractivity contribution in [3.63, 3.8) is 0 Å². The lowest BCUT2D eigenvalue weighted by Gasteiger charge is -2.14. The summed E-state index contributed by atoms with van der Waals surface area (Å²) < 4.78 is 15.8. The Labute approximate surface area is 140 Å². The largest absolute Gasteiger partial charge is 0.493 e. The van der Waals surface area contributed by atoms with Crippen molar-refractivity contribution in [2.24, 2.45) is 0 Å². The number of carbonyl (C=O) groups is 1. The van der Waals surface area contributed by atoms with Gasteiger partial charge in [-0.2, -0.15) is 0 Å². The van der Waals surface area contributed by atoms with E-state index in [1.54, 1.807) is 30.3 Å². The molecule has 0 aliphatic heterocycles. The fraction of sp³-hybridized carbons (Fsp3) is 0.167. The van der Waals surface area contributed by atoms with Crippen molar-refractivity contribution in [2.75, 3.05) is 21.3 Å². The van der Waals surface area contributed by atoms with E-state index < -0.39 is 0 Å². The van der Waals surface area contributed by atoms with Crippen LogP contribution in [0.25, 0.3) is 6.08 Å². The van der Waals surface area contributed by atoms with Gasteiger partial charge in [-0.1, -0.05) is 29.8 Å². The first-order chi connectivity index (χ1) is 11.1. The Morgan fingerprint density at radius 2 is 1.57 bits per heavy atom. The van der Waals surface area contributed by atoms with Crippen LogP contribution in [0.1, 0.15) is 15.9 Å². The smallest absolute Gasteiger partial charge is 0.204 e. The Morgan fingerprint density at radius 3 is 2.13 bits per heavy atom. The highest BCUT2D eigenvalue weighted by molar-refractivity contribution is 6.30. The van der Waals surface area contributed by atoms with E-state index in [4.69, 9.17) is 25.8 Å². The molecule has 0 N–H and O–H groups in total. The van der Waals surface area contributed by atoms with Crippen LogP contribution in [0.5, 0.6) is 17.2 Å². The van der Waals surface area contributed by atoms with E-state index in [0.29, 0.717) is 27.8 Å². The molecule has 0 aliphatic rings. The van der Waals surface area contributed by atoms with Crippen molar-refractivity contribution in [3.8, 4) is 17.2 Å². The monoisotopic (exact) mass is 332 g/mol. The Balaban J connectivity index is 2.33. The number of halogens is 1. The summed E-state index contributed by atoms with van der Waals surface area (Å²) in [5.41, 5.74) is 1.28. The molecule has 0 atom stereocenters. The van der Waals surface area contributed by atoms with Gasteiger partial charge >= 0.3 is 0 Å². The maximum absolute atomic E-state index is 12.4. The van der Waals surface area contributed by atoms with Gasteiger partial charge in [0.05, 0.1) is 26.9 Å². The summed E-state index contributed by atoms with van der Waals surface area (Å²) in [4.78, 5) is 12.4.